The molecule has 2 aliphatic heterocycles. The van der Waals surface area contributed by atoms with Crippen LogP contribution in [0.4, 0.5) is 5.82 Å². The molecule has 1 aromatic heterocycles. The minimum Gasteiger partial charge on any atom is -0.497 e. The monoisotopic (exact) mass is 599 g/mol. The van der Waals surface area contributed by atoms with Gasteiger partial charge in [-0.15, -0.1) is 10.2 Å². The maximum absolute atomic E-state index is 13.6. The summed E-state index contributed by atoms with van der Waals surface area (Å²) in [6.07, 6.45) is 0. The van der Waals surface area contributed by atoms with Gasteiger partial charge in [-0.1, -0.05) is 35.9 Å². The van der Waals surface area contributed by atoms with Crippen LogP contribution in [-0.4, -0.2) is 78.4 Å². The van der Waals surface area contributed by atoms with Crippen molar-refractivity contribution in [3.63, 3.8) is 0 Å². The van der Waals surface area contributed by atoms with Crippen molar-refractivity contribution >= 4 is 29.2 Å². The smallest absolute Gasteiger partial charge is 0.254 e. The number of ether oxygens (including phenoxy) is 3. The van der Waals surface area contributed by atoms with Crippen LogP contribution in [-0.2, 0) is 11.3 Å². The van der Waals surface area contributed by atoms with E-state index in [1.807, 2.05) is 54.6 Å². The van der Waals surface area contributed by atoms with E-state index in [0.29, 0.717) is 59.7 Å². The van der Waals surface area contributed by atoms with Crippen LogP contribution in [0.2, 0.25) is 5.02 Å². The Bertz CT molecular complexity index is 1610. The van der Waals surface area contributed by atoms with Gasteiger partial charge in [0.2, 0.25) is 12.7 Å². The first kappa shape index (κ1) is 28.3. The molecule has 43 heavy (non-hydrogen) atoms. The number of hydrogen-bond acceptors (Lipinski definition) is 8. The SMILES string of the molecule is COc1ccc(C(=O)N(CC(=O)N2CCN(c3ccc(-c4ccccc4Cl)nn3)CC2)Cc2ccc3c(c2)OCO3)cc1. The van der Waals surface area contributed by atoms with E-state index >= 15 is 0 Å². The Kier molecular flexibility index (Phi) is 8.28. The molecule has 4 aromatic rings. The molecule has 0 aliphatic carbocycles. The quantitative estimate of drug-likeness (QED) is 0.292. The molecule has 11 heteroatoms. The second-order valence-electron chi connectivity index (χ2n) is 10.2. The summed E-state index contributed by atoms with van der Waals surface area (Å²) in [6, 6.07) is 23.8. The second kappa shape index (κ2) is 12.6. The van der Waals surface area contributed by atoms with Gasteiger partial charge in [0.1, 0.15) is 12.3 Å². The summed E-state index contributed by atoms with van der Waals surface area (Å²) in [4.78, 5) is 32.6. The van der Waals surface area contributed by atoms with Gasteiger partial charge in [-0.25, -0.2) is 0 Å². The van der Waals surface area contributed by atoms with Gasteiger partial charge in [-0.2, -0.15) is 0 Å². The number of benzene rings is 3. The van der Waals surface area contributed by atoms with Crippen LogP contribution in [0.15, 0.2) is 78.9 Å². The first-order valence-corrected chi connectivity index (χ1v) is 14.3. The van der Waals surface area contributed by atoms with Crippen molar-refractivity contribution in [2.24, 2.45) is 0 Å². The number of halogens is 1. The number of nitrogens with zero attached hydrogens (tertiary/aromatic N) is 5. The molecule has 1 fully saturated rings. The van der Waals surface area contributed by atoms with Crippen molar-refractivity contribution in [1.82, 2.24) is 20.0 Å². The van der Waals surface area contributed by atoms with E-state index in [-0.39, 0.29) is 31.7 Å². The summed E-state index contributed by atoms with van der Waals surface area (Å²) in [7, 11) is 1.57. The number of carbonyl (C=O) groups excluding carboxylic acids is 2. The standard InChI is InChI=1S/C32H30ClN5O5/c1-41-24-9-7-23(8-10-24)32(40)38(19-22-6-12-28-29(18-22)43-21-42-28)20-31(39)37-16-14-36(15-17-37)30-13-11-27(34-35-30)25-4-2-3-5-26(25)33/h2-13,18H,14-17,19-21H2,1H3. The third-order valence-electron chi connectivity index (χ3n) is 7.52. The Balaban J connectivity index is 1.12. The fourth-order valence-corrected chi connectivity index (χ4v) is 5.36. The number of fused-ring (bicyclic) bond motifs is 1. The number of amides is 2. The average molecular weight is 600 g/mol. The first-order chi connectivity index (χ1) is 21.0. The summed E-state index contributed by atoms with van der Waals surface area (Å²) >= 11 is 6.31. The molecule has 220 valence electrons. The zero-order valence-electron chi connectivity index (χ0n) is 23.6. The number of piperazine rings is 1. The maximum atomic E-state index is 13.6. The van der Waals surface area contributed by atoms with Crippen LogP contribution < -0.4 is 19.1 Å². The Morgan fingerprint density at radius 2 is 1.67 bits per heavy atom. The van der Waals surface area contributed by atoms with Crippen molar-refractivity contribution in [3.8, 4) is 28.5 Å². The molecule has 2 amide bonds. The first-order valence-electron chi connectivity index (χ1n) is 13.9. The molecule has 0 radical (unpaired) electrons. The normalized spacial score (nSPS) is 14.0. The van der Waals surface area contributed by atoms with Crippen LogP contribution in [0, 0.1) is 0 Å². The van der Waals surface area contributed by atoms with Gasteiger partial charge in [0.25, 0.3) is 5.91 Å². The predicted molar refractivity (Wildman–Crippen MR) is 162 cm³/mol. The number of rotatable bonds is 8. The Morgan fingerprint density at radius 1 is 0.907 bits per heavy atom. The molecule has 0 N–H and O–H groups in total. The lowest BCUT2D eigenvalue weighted by atomic mass is 10.1. The lowest BCUT2D eigenvalue weighted by molar-refractivity contribution is -0.132. The van der Waals surface area contributed by atoms with Gasteiger partial charge < -0.3 is 28.9 Å². The molecular formula is C32H30ClN5O5. The molecule has 0 bridgehead atoms. The molecule has 0 atom stereocenters. The van der Waals surface area contributed by atoms with E-state index in [0.717, 1.165) is 16.9 Å². The van der Waals surface area contributed by atoms with E-state index in [4.69, 9.17) is 25.8 Å². The van der Waals surface area contributed by atoms with E-state index in [9.17, 15) is 9.59 Å². The maximum Gasteiger partial charge on any atom is 0.254 e. The van der Waals surface area contributed by atoms with Crippen LogP contribution in [0.1, 0.15) is 15.9 Å². The van der Waals surface area contributed by atoms with E-state index < -0.39 is 0 Å². The van der Waals surface area contributed by atoms with Crippen LogP contribution >= 0.6 is 11.6 Å². The molecule has 6 rings (SSSR count). The van der Waals surface area contributed by atoms with Crippen molar-refractivity contribution in [1.29, 1.82) is 0 Å². The molecule has 0 spiro atoms. The summed E-state index contributed by atoms with van der Waals surface area (Å²) in [6.45, 7) is 2.53. The van der Waals surface area contributed by atoms with Gasteiger partial charge >= 0.3 is 0 Å². The molecule has 2 aliphatic rings. The van der Waals surface area contributed by atoms with E-state index in [2.05, 4.69) is 15.1 Å². The Labute approximate surface area is 254 Å². The largest absolute Gasteiger partial charge is 0.497 e. The zero-order valence-corrected chi connectivity index (χ0v) is 24.4. The van der Waals surface area contributed by atoms with E-state index in [1.165, 1.54) is 0 Å². The average Bonchev–Trinajstić information content (AvgIpc) is 3.53. The number of hydrogen-bond donors (Lipinski definition) is 0. The molecule has 3 aromatic carbocycles. The molecule has 1 saturated heterocycles. The zero-order chi connectivity index (χ0) is 29.8. The predicted octanol–water partition coefficient (Wildman–Crippen LogP) is 4.53. The fourth-order valence-electron chi connectivity index (χ4n) is 5.13. The minimum absolute atomic E-state index is 0.0638. The summed E-state index contributed by atoms with van der Waals surface area (Å²) in [5.41, 5.74) is 2.83. The topological polar surface area (TPSA) is 97.3 Å². The Morgan fingerprint density at radius 3 is 2.40 bits per heavy atom. The van der Waals surface area contributed by atoms with Crippen LogP contribution in [0.25, 0.3) is 11.3 Å². The highest BCUT2D eigenvalue weighted by Crippen LogP contribution is 2.33. The highest BCUT2D eigenvalue weighted by Gasteiger charge is 2.27. The summed E-state index contributed by atoms with van der Waals surface area (Å²) < 4.78 is 16.2. The Hall–Kier alpha value is -4.83. The van der Waals surface area contributed by atoms with Crippen LogP contribution in [0.3, 0.4) is 0 Å². The molecule has 10 nitrogen and oxygen atoms in total. The van der Waals surface area contributed by atoms with Gasteiger partial charge in [0.15, 0.2) is 17.3 Å². The number of anilines is 1. The number of aromatic nitrogens is 2. The fraction of sp³-hybridized carbons (Fsp3) is 0.250. The van der Waals surface area contributed by atoms with Gasteiger partial charge in [-0.05, 0) is 60.2 Å². The van der Waals surface area contributed by atoms with Crippen molar-refractivity contribution in [2.45, 2.75) is 6.54 Å². The van der Waals surface area contributed by atoms with E-state index in [1.54, 1.807) is 41.2 Å². The second-order valence-corrected chi connectivity index (χ2v) is 10.6. The third-order valence-corrected chi connectivity index (χ3v) is 7.85. The lowest BCUT2D eigenvalue weighted by Gasteiger charge is -2.36. The lowest BCUT2D eigenvalue weighted by Crippen LogP contribution is -2.52. The van der Waals surface area contributed by atoms with Gasteiger partial charge in [0, 0.05) is 43.9 Å². The highest BCUT2D eigenvalue weighted by atomic mass is 35.5. The molecule has 0 saturated carbocycles. The van der Waals surface area contributed by atoms with Crippen LogP contribution in [0.5, 0.6) is 17.2 Å². The molecule has 3 heterocycles. The minimum atomic E-state index is -0.249. The van der Waals surface area contributed by atoms with Gasteiger partial charge in [-0.3, -0.25) is 9.59 Å². The molecule has 0 unspecified atom stereocenters. The third kappa shape index (κ3) is 6.34. The highest BCUT2D eigenvalue weighted by molar-refractivity contribution is 6.33. The number of methoxy groups -OCH3 is 1. The van der Waals surface area contributed by atoms with Crippen molar-refractivity contribution < 1.29 is 23.8 Å². The summed E-state index contributed by atoms with van der Waals surface area (Å²) in [5.74, 6) is 2.30. The molecular weight excluding hydrogens is 570 g/mol. The van der Waals surface area contributed by atoms with Crippen molar-refractivity contribution in [2.75, 3.05) is 51.5 Å². The summed E-state index contributed by atoms with van der Waals surface area (Å²) in [5, 5.41) is 9.41. The number of carbonyl (C=O) groups is 2. The van der Waals surface area contributed by atoms with Gasteiger partial charge in [0.05, 0.1) is 17.8 Å². The van der Waals surface area contributed by atoms with Crippen molar-refractivity contribution in [3.05, 3.63) is 95.0 Å².